The second-order valence-corrected chi connectivity index (χ2v) is 8.41. The highest BCUT2D eigenvalue weighted by Gasteiger charge is 2.19. The fraction of sp³-hybridized carbons (Fsp3) is 0.0968. The van der Waals surface area contributed by atoms with E-state index in [9.17, 15) is 31.9 Å². The maximum Gasteiger partial charge on any atom is 0.373 e. The molecule has 4 rings (SSSR count). The van der Waals surface area contributed by atoms with E-state index >= 15 is 0 Å². The lowest BCUT2D eigenvalue weighted by Crippen LogP contribution is -2.07. The molecule has 222 valence electrons. The van der Waals surface area contributed by atoms with E-state index in [4.69, 9.17) is 14.7 Å². The van der Waals surface area contributed by atoms with Crippen LogP contribution in [0.1, 0.15) is 36.6 Å². The largest absolute Gasteiger partial charge is 0.478 e. The summed E-state index contributed by atoms with van der Waals surface area (Å²) in [7, 11) is 2.40. The van der Waals surface area contributed by atoms with Crippen LogP contribution in [0.4, 0.5) is 17.6 Å². The molecule has 1 N–H and O–H groups in total. The SMILES string of the molecule is COC(=O)c1cc(C(=O)O)ccc1-c1cc(F)ccc1F.COC(=O)c1ccc(-c2cc(F)ccc2F)c(C)c1.O=C=O. The monoisotopic (exact) mass is 598 g/mol. The third kappa shape index (κ3) is 8.69. The molecule has 0 aliphatic rings. The lowest BCUT2D eigenvalue weighted by atomic mass is 9.97. The molecule has 0 fully saturated rings. The molecule has 4 aromatic carbocycles. The first-order valence-corrected chi connectivity index (χ1v) is 11.9. The van der Waals surface area contributed by atoms with E-state index in [1.165, 1.54) is 25.3 Å². The number of esters is 2. The maximum atomic E-state index is 13.8. The van der Waals surface area contributed by atoms with E-state index in [0.29, 0.717) is 16.7 Å². The number of carboxylic acids is 1. The molecule has 0 amide bonds. The Morgan fingerprint density at radius 2 is 1.09 bits per heavy atom. The van der Waals surface area contributed by atoms with E-state index in [0.717, 1.165) is 49.6 Å². The number of benzene rings is 4. The Balaban J connectivity index is 0.000000276. The molecule has 4 aromatic rings. The zero-order chi connectivity index (χ0) is 32.3. The number of ether oxygens (including phenoxy) is 2. The molecule has 0 heterocycles. The Hall–Kier alpha value is -5.61. The summed E-state index contributed by atoms with van der Waals surface area (Å²) in [6.07, 6.45) is 0.250. The Kier molecular flexibility index (Phi) is 12.0. The second kappa shape index (κ2) is 15.4. The van der Waals surface area contributed by atoms with Gasteiger partial charge in [0, 0.05) is 11.1 Å². The lowest BCUT2D eigenvalue weighted by molar-refractivity contribution is -0.191. The van der Waals surface area contributed by atoms with Crippen molar-refractivity contribution in [3.63, 3.8) is 0 Å². The average Bonchev–Trinajstić information content (AvgIpc) is 2.99. The number of hydrogen-bond acceptors (Lipinski definition) is 7. The molecule has 0 spiro atoms. The van der Waals surface area contributed by atoms with Gasteiger partial charge in [-0.1, -0.05) is 12.1 Å². The second-order valence-electron chi connectivity index (χ2n) is 8.41. The maximum absolute atomic E-state index is 13.8. The van der Waals surface area contributed by atoms with Crippen LogP contribution in [0.5, 0.6) is 0 Å². The Morgan fingerprint density at radius 1 is 0.628 bits per heavy atom. The summed E-state index contributed by atoms with van der Waals surface area (Å²) in [6, 6.07) is 14.3. The van der Waals surface area contributed by atoms with Crippen molar-refractivity contribution in [3.8, 4) is 22.3 Å². The van der Waals surface area contributed by atoms with Crippen molar-refractivity contribution in [2.45, 2.75) is 6.92 Å². The van der Waals surface area contributed by atoms with Gasteiger partial charge in [0.15, 0.2) is 0 Å². The number of methoxy groups -OCH3 is 2. The summed E-state index contributed by atoms with van der Waals surface area (Å²) in [4.78, 5) is 50.3. The summed E-state index contributed by atoms with van der Waals surface area (Å²) in [5.41, 5.74) is 1.38. The molecule has 8 nitrogen and oxygen atoms in total. The molecule has 0 saturated carbocycles. The molecular formula is C31H22F4O8. The van der Waals surface area contributed by atoms with Gasteiger partial charge in [0.25, 0.3) is 0 Å². The molecule has 0 bridgehead atoms. The lowest BCUT2D eigenvalue weighted by Gasteiger charge is -2.10. The first-order valence-electron chi connectivity index (χ1n) is 11.9. The molecule has 0 radical (unpaired) electrons. The fourth-order valence-electron chi connectivity index (χ4n) is 3.81. The average molecular weight is 599 g/mol. The molecular weight excluding hydrogens is 576 g/mol. The Bertz CT molecular complexity index is 1700. The third-order valence-electron chi connectivity index (χ3n) is 5.76. The molecule has 0 aliphatic carbocycles. The van der Waals surface area contributed by atoms with Crippen LogP contribution in [0.15, 0.2) is 72.8 Å². The van der Waals surface area contributed by atoms with Crippen molar-refractivity contribution < 1.29 is 56.1 Å². The van der Waals surface area contributed by atoms with Gasteiger partial charge in [0.05, 0.1) is 30.9 Å². The highest BCUT2D eigenvalue weighted by atomic mass is 19.1. The minimum atomic E-state index is -1.24. The fourth-order valence-corrected chi connectivity index (χ4v) is 3.81. The van der Waals surface area contributed by atoms with Gasteiger partial charge in [0.2, 0.25) is 0 Å². The van der Waals surface area contributed by atoms with Crippen LogP contribution in [-0.2, 0) is 19.1 Å². The quantitative estimate of drug-likeness (QED) is 0.211. The minimum Gasteiger partial charge on any atom is -0.478 e. The molecule has 43 heavy (non-hydrogen) atoms. The third-order valence-corrected chi connectivity index (χ3v) is 5.76. The zero-order valence-corrected chi connectivity index (χ0v) is 22.7. The Labute approximate surface area is 242 Å². The van der Waals surface area contributed by atoms with Gasteiger partial charge in [-0.05, 0) is 84.3 Å². The first kappa shape index (κ1) is 33.6. The summed E-state index contributed by atoms with van der Waals surface area (Å²) < 4.78 is 63.2. The van der Waals surface area contributed by atoms with Crippen molar-refractivity contribution in [1.29, 1.82) is 0 Å². The van der Waals surface area contributed by atoms with E-state index in [2.05, 4.69) is 9.47 Å². The summed E-state index contributed by atoms with van der Waals surface area (Å²) in [5.74, 6) is -4.96. The van der Waals surface area contributed by atoms with Gasteiger partial charge < -0.3 is 14.6 Å². The molecule has 0 aliphatic heterocycles. The van der Waals surface area contributed by atoms with E-state index in [1.54, 1.807) is 19.1 Å². The number of halogens is 4. The standard InChI is InChI=1S/C15H10F2O4.C15H12F2O2.CO2/c1-21-15(20)12-6-8(14(18)19)2-4-10(12)11-7-9(16)3-5-13(11)17;1-9-7-10(15(18)19-2)3-5-12(9)13-8-11(16)4-6-14(13)17;2-1-3/h2-7H,1H3,(H,18,19);3-8H,1-2H3;. The van der Waals surface area contributed by atoms with Crippen LogP contribution in [0.25, 0.3) is 22.3 Å². The summed E-state index contributed by atoms with van der Waals surface area (Å²) in [5, 5.41) is 8.94. The molecule has 0 atom stereocenters. The summed E-state index contributed by atoms with van der Waals surface area (Å²) >= 11 is 0. The van der Waals surface area contributed by atoms with Crippen LogP contribution in [-0.4, -0.2) is 43.4 Å². The minimum absolute atomic E-state index is 0.0591. The van der Waals surface area contributed by atoms with Gasteiger partial charge >= 0.3 is 24.1 Å². The molecule has 0 aromatic heterocycles. The van der Waals surface area contributed by atoms with E-state index in [-0.39, 0.29) is 34.0 Å². The predicted octanol–water partition coefficient (Wildman–Crippen LogP) is 6.26. The first-order chi connectivity index (χ1) is 20.4. The summed E-state index contributed by atoms with van der Waals surface area (Å²) in [6.45, 7) is 1.73. The number of aryl methyl sites for hydroxylation is 1. The smallest absolute Gasteiger partial charge is 0.373 e. The zero-order valence-electron chi connectivity index (χ0n) is 22.7. The molecule has 0 unspecified atom stereocenters. The number of carbonyl (C=O) groups excluding carboxylic acids is 4. The van der Waals surface area contributed by atoms with Crippen molar-refractivity contribution in [1.82, 2.24) is 0 Å². The highest BCUT2D eigenvalue weighted by molar-refractivity contribution is 6.00. The van der Waals surface area contributed by atoms with Crippen molar-refractivity contribution >= 4 is 24.1 Å². The van der Waals surface area contributed by atoms with Crippen molar-refractivity contribution in [3.05, 3.63) is 118 Å². The number of carbonyl (C=O) groups is 3. The number of aromatic carboxylic acids is 1. The van der Waals surface area contributed by atoms with Gasteiger partial charge in [-0.15, -0.1) is 0 Å². The number of hydrogen-bond donors (Lipinski definition) is 1. The van der Waals surface area contributed by atoms with Gasteiger partial charge in [-0.3, -0.25) is 0 Å². The van der Waals surface area contributed by atoms with Crippen molar-refractivity contribution in [2.24, 2.45) is 0 Å². The van der Waals surface area contributed by atoms with Crippen LogP contribution in [0, 0.1) is 30.2 Å². The topological polar surface area (TPSA) is 124 Å². The van der Waals surface area contributed by atoms with Gasteiger partial charge in [-0.2, -0.15) is 9.59 Å². The number of carboxylic acid groups (broad SMARTS) is 1. The van der Waals surface area contributed by atoms with Crippen LogP contribution in [0.2, 0.25) is 0 Å². The van der Waals surface area contributed by atoms with Crippen molar-refractivity contribution in [2.75, 3.05) is 14.2 Å². The molecule has 12 heteroatoms. The normalized spacial score (nSPS) is 9.74. The van der Waals surface area contributed by atoms with E-state index in [1.807, 2.05) is 0 Å². The van der Waals surface area contributed by atoms with Crippen LogP contribution < -0.4 is 0 Å². The molecule has 0 saturated heterocycles. The highest BCUT2D eigenvalue weighted by Crippen LogP contribution is 2.29. The van der Waals surface area contributed by atoms with Crippen LogP contribution >= 0.6 is 0 Å². The predicted molar refractivity (Wildman–Crippen MR) is 143 cm³/mol. The number of rotatable bonds is 5. The van der Waals surface area contributed by atoms with Gasteiger partial charge in [-0.25, -0.2) is 31.9 Å². The van der Waals surface area contributed by atoms with E-state index < -0.39 is 41.2 Å². The Morgan fingerprint density at radius 3 is 1.56 bits per heavy atom. The van der Waals surface area contributed by atoms with Gasteiger partial charge in [0.1, 0.15) is 23.3 Å². The van der Waals surface area contributed by atoms with Crippen LogP contribution in [0.3, 0.4) is 0 Å².